The number of piperidine rings is 1. The largest absolute Gasteiger partial charge is 0.381 e. The summed E-state index contributed by atoms with van der Waals surface area (Å²) in [6, 6.07) is 8.63. The van der Waals surface area contributed by atoms with Crippen LogP contribution in [0.15, 0.2) is 29.3 Å². The van der Waals surface area contributed by atoms with Crippen molar-refractivity contribution >= 4 is 5.96 Å². The summed E-state index contributed by atoms with van der Waals surface area (Å²) >= 11 is 0. The predicted molar refractivity (Wildman–Crippen MR) is 127 cm³/mol. The summed E-state index contributed by atoms with van der Waals surface area (Å²) in [5, 5.41) is 6.95. The lowest BCUT2D eigenvalue weighted by atomic mass is 9.98. The number of likely N-dealkylation sites (tertiary alicyclic amines) is 1. The molecule has 0 aromatic heterocycles. The van der Waals surface area contributed by atoms with Crippen LogP contribution in [0.4, 0.5) is 0 Å². The molecule has 31 heavy (non-hydrogen) atoms. The van der Waals surface area contributed by atoms with E-state index in [2.05, 4.69) is 60.6 Å². The van der Waals surface area contributed by atoms with E-state index in [1.54, 1.807) is 0 Å². The Morgan fingerprint density at radius 2 is 1.74 bits per heavy atom. The molecular weight excluding hydrogens is 388 g/mol. The summed E-state index contributed by atoms with van der Waals surface area (Å²) < 4.78 is 11.4. The first-order chi connectivity index (χ1) is 15.1. The fourth-order valence-electron chi connectivity index (χ4n) is 4.22. The second-order valence-corrected chi connectivity index (χ2v) is 9.35. The van der Waals surface area contributed by atoms with Crippen LogP contribution in [0.5, 0.6) is 0 Å². The van der Waals surface area contributed by atoms with E-state index in [0.29, 0.717) is 19.3 Å². The van der Waals surface area contributed by atoms with Crippen LogP contribution in [0.1, 0.15) is 64.0 Å². The van der Waals surface area contributed by atoms with E-state index >= 15 is 0 Å². The molecule has 2 aliphatic heterocycles. The van der Waals surface area contributed by atoms with E-state index in [1.165, 1.54) is 43.5 Å². The van der Waals surface area contributed by atoms with Crippen molar-refractivity contribution < 1.29 is 9.47 Å². The number of hydrogen-bond donors (Lipinski definition) is 2. The number of nitrogens with zero attached hydrogens (tertiary/aromatic N) is 2. The number of hydrogen-bond acceptors (Lipinski definition) is 4. The Kier molecular flexibility index (Phi) is 9.62. The molecule has 2 fully saturated rings. The predicted octanol–water partition coefficient (Wildman–Crippen LogP) is 3.70. The van der Waals surface area contributed by atoms with Gasteiger partial charge in [0.2, 0.25) is 0 Å². The van der Waals surface area contributed by atoms with Crippen LogP contribution in [-0.4, -0.2) is 61.9 Å². The zero-order chi connectivity index (χ0) is 21.9. The van der Waals surface area contributed by atoms with Crippen molar-refractivity contribution in [2.24, 2.45) is 4.99 Å². The van der Waals surface area contributed by atoms with Crippen molar-refractivity contribution in [3.05, 3.63) is 35.4 Å². The van der Waals surface area contributed by atoms with Gasteiger partial charge in [0.15, 0.2) is 5.96 Å². The average Bonchev–Trinajstić information content (AvgIpc) is 2.81. The number of nitrogens with one attached hydrogen (secondary N) is 2. The highest BCUT2D eigenvalue weighted by Crippen LogP contribution is 2.20. The van der Waals surface area contributed by atoms with E-state index in [0.717, 1.165) is 45.1 Å². The topological polar surface area (TPSA) is 58.1 Å². The molecule has 0 spiro atoms. The van der Waals surface area contributed by atoms with Crippen LogP contribution in [0.3, 0.4) is 0 Å². The van der Waals surface area contributed by atoms with Gasteiger partial charge in [-0.2, -0.15) is 0 Å². The van der Waals surface area contributed by atoms with Crippen LogP contribution in [0.25, 0.3) is 0 Å². The molecule has 0 amide bonds. The minimum Gasteiger partial charge on any atom is -0.381 e. The third-order valence-electron chi connectivity index (χ3n) is 6.34. The monoisotopic (exact) mass is 430 g/mol. The number of aliphatic imine (C=N–C) groups is 1. The second kappa shape index (κ2) is 12.4. The molecule has 0 atom stereocenters. The highest BCUT2D eigenvalue weighted by atomic mass is 16.5. The third kappa shape index (κ3) is 8.09. The van der Waals surface area contributed by atoms with Gasteiger partial charge in [0.05, 0.1) is 19.3 Å². The SMILES string of the molecule is CCNC(=NCc1ccc(COC2CCOCC2)cc1)NCC(C)(C)N1CCCCC1. The molecule has 1 aromatic carbocycles. The summed E-state index contributed by atoms with van der Waals surface area (Å²) in [6.07, 6.45) is 6.33. The lowest BCUT2D eigenvalue weighted by Gasteiger charge is -2.41. The number of ether oxygens (including phenoxy) is 2. The maximum Gasteiger partial charge on any atom is 0.191 e. The number of rotatable bonds is 9. The van der Waals surface area contributed by atoms with E-state index in [1.807, 2.05) is 0 Å². The molecule has 2 saturated heterocycles. The average molecular weight is 431 g/mol. The van der Waals surface area contributed by atoms with Gasteiger partial charge in [0.25, 0.3) is 0 Å². The highest BCUT2D eigenvalue weighted by Gasteiger charge is 2.27. The Labute approximate surface area is 188 Å². The Morgan fingerprint density at radius 3 is 2.42 bits per heavy atom. The standard InChI is InChI=1S/C25H42N4O2/c1-4-26-24(28-20-25(2,3)29-14-6-5-7-15-29)27-18-21-8-10-22(11-9-21)19-31-23-12-16-30-17-13-23/h8-11,23H,4-7,12-20H2,1-3H3,(H2,26,27,28). The molecular formula is C25H42N4O2. The highest BCUT2D eigenvalue weighted by molar-refractivity contribution is 5.79. The van der Waals surface area contributed by atoms with Gasteiger partial charge >= 0.3 is 0 Å². The molecule has 3 rings (SSSR count). The lowest BCUT2D eigenvalue weighted by Crippen LogP contribution is -2.54. The van der Waals surface area contributed by atoms with Gasteiger partial charge in [0.1, 0.15) is 0 Å². The summed E-state index contributed by atoms with van der Waals surface area (Å²) in [5.74, 6) is 0.888. The normalized spacial score (nSPS) is 19.4. The molecule has 0 bridgehead atoms. The number of benzene rings is 1. The van der Waals surface area contributed by atoms with Crippen molar-refractivity contribution in [1.82, 2.24) is 15.5 Å². The van der Waals surface area contributed by atoms with E-state index in [4.69, 9.17) is 14.5 Å². The third-order valence-corrected chi connectivity index (χ3v) is 6.34. The van der Waals surface area contributed by atoms with Crippen molar-refractivity contribution in [2.45, 2.75) is 77.7 Å². The molecule has 2 aliphatic rings. The minimum atomic E-state index is 0.128. The Hall–Kier alpha value is -1.63. The van der Waals surface area contributed by atoms with Gasteiger partial charge in [-0.05, 0) is 70.7 Å². The molecule has 0 radical (unpaired) electrons. The molecule has 0 saturated carbocycles. The zero-order valence-electron chi connectivity index (χ0n) is 19.8. The van der Waals surface area contributed by atoms with Gasteiger partial charge in [-0.1, -0.05) is 30.7 Å². The van der Waals surface area contributed by atoms with Crippen molar-refractivity contribution in [3.63, 3.8) is 0 Å². The summed E-state index contributed by atoms with van der Waals surface area (Å²) in [6.45, 7) is 13.9. The van der Waals surface area contributed by atoms with Crippen LogP contribution < -0.4 is 10.6 Å². The zero-order valence-corrected chi connectivity index (χ0v) is 19.8. The van der Waals surface area contributed by atoms with E-state index < -0.39 is 0 Å². The van der Waals surface area contributed by atoms with Gasteiger partial charge < -0.3 is 20.1 Å². The van der Waals surface area contributed by atoms with Gasteiger partial charge in [0, 0.05) is 31.8 Å². The molecule has 174 valence electrons. The summed E-state index contributed by atoms with van der Waals surface area (Å²) in [7, 11) is 0. The van der Waals surface area contributed by atoms with Crippen molar-refractivity contribution in [1.29, 1.82) is 0 Å². The Morgan fingerprint density at radius 1 is 1.06 bits per heavy atom. The summed E-state index contributed by atoms with van der Waals surface area (Å²) in [5.41, 5.74) is 2.55. The first-order valence-corrected chi connectivity index (χ1v) is 12.1. The molecule has 0 unspecified atom stereocenters. The molecule has 6 nitrogen and oxygen atoms in total. The summed E-state index contributed by atoms with van der Waals surface area (Å²) in [4.78, 5) is 7.42. The maximum absolute atomic E-state index is 6.02. The van der Waals surface area contributed by atoms with Gasteiger partial charge in [-0.3, -0.25) is 4.90 Å². The smallest absolute Gasteiger partial charge is 0.191 e. The van der Waals surface area contributed by atoms with Crippen LogP contribution >= 0.6 is 0 Å². The quantitative estimate of drug-likeness (QED) is 0.462. The van der Waals surface area contributed by atoms with Crippen molar-refractivity contribution in [2.75, 3.05) is 39.4 Å². The Balaban J connectivity index is 1.47. The van der Waals surface area contributed by atoms with Gasteiger partial charge in [-0.25, -0.2) is 4.99 Å². The second-order valence-electron chi connectivity index (χ2n) is 9.35. The molecule has 6 heteroatoms. The molecule has 2 heterocycles. The minimum absolute atomic E-state index is 0.128. The van der Waals surface area contributed by atoms with Crippen LogP contribution in [0.2, 0.25) is 0 Å². The van der Waals surface area contributed by atoms with Crippen molar-refractivity contribution in [3.8, 4) is 0 Å². The lowest BCUT2D eigenvalue weighted by molar-refractivity contribution is -0.0390. The van der Waals surface area contributed by atoms with E-state index in [9.17, 15) is 0 Å². The first-order valence-electron chi connectivity index (χ1n) is 12.1. The number of guanidine groups is 1. The molecule has 2 N–H and O–H groups in total. The van der Waals surface area contributed by atoms with Gasteiger partial charge in [-0.15, -0.1) is 0 Å². The Bertz CT molecular complexity index is 663. The first kappa shape index (κ1) is 24.0. The van der Waals surface area contributed by atoms with Crippen LogP contribution in [-0.2, 0) is 22.6 Å². The fraction of sp³-hybridized carbons (Fsp3) is 0.720. The molecule has 0 aliphatic carbocycles. The fourth-order valence-corrected chi connectivity index (χ4v) is 4.22. The van der Waals surface area contributed by atoms with E-state index in [-0.39, 0.29) is 5.54 Å². The maximum atomic E-state index is 6.02. The van der Waals surface area contributed by atoms with Crippen LogP contribution in [0, 0.1) is 0 Å². The molecule has 1 aromatic rings.